The number of ether oxygens (including phenoxy) is 1. The van der Waals surface area contributed by atoms with Crippen LogP contribution in [0, 0.1) is 5.82 Å². The Hall–Kier alpha value is -1.84. The zero-order chi connectivity index (χ0) is 23.2. The van der Waals surface area contributed by atoms with Crippen molar-refractivity contribution in [2.75, 3.05) is 23.2 Å². The Bertz CT molecular complexity index is 1020. The molecule has 6 nitrogen and oxygen atoms in total. The second-order valence-corrected chi connectivity index (χ2v) is 11.8. The van der Waals surface area contributed by atoms with E-state index in [1.165, 1.54) is 12.1 Å². The molecule has 3 saturated heterocycles. The van der Waals surface area contributed by atoms with Gasteiger partial charge >= 0.3 is 0 Å². The lowest BCUT2D eigenvalue weighted by atomic mass is 9.81. The summed E-state index contributed by atoms with van der Waals surface area (Å²) in [5.41, 5.74) is 2.17. The molecule has 1 spiro atoms. The average Bonchev–Trinajstić information content (AvgIpc) is 3.38. The normalized spacial score (nSPS) is 30.7. The van der Waals surface area contributed by atoms with E-state index in [0.717, 1.165) is 56.5 Å². The largest absolute Gasteiger partial charge is 0.508 e. The highest BCUT2D eigenvalue weighted by molar-refractivity contribution is 8.25. The van der Waals surface area contributed by atoms with E-state index in [1.807, 2.05) is 6.07 Å². The molecule has 0 aromatic heterocycles. The molecule has 2 aromatic rings. The summed E-state index contributed by atoms with van der Waals surface area (Å²) >= 11 is 0. The Morgan fingerprint density at radius 2 is 2.03 bits per heavy atom. The highest BCUT2D eigenvalue weighted by atomic mass is 32.3. The maximum Gasteiger partial charge on any atom is 0.125 e. The summed E-state index contributed by atoms with van der Waals surface area (Å²) in [7, 11) is -2.98. The third kappa shape index (κ3) is 4.35. The number of hydrogen-bond donors (Lipinski definition) is 3. The van der Waals surface area contributed by atoms with E-state index in [2.05, 4.69) is 17.9 Å². The summed E-state index contributed by atoms with van der Waals surface area (Å²) < 4.78 is 43.2. The van der Waals surface area contributed by atoms with Crippen molar-refractivity contribution in [3.8, 4) is 5.75 Å². The average molecular weight is 477 g/mol. The van der Waals surface area contributed by atoms with Gasteiger partial charge in [-0.25, -0.2) is 4.39 Å². The highest BCUT2D eigenvalue weighted by Gasteiger charge is 2.52. The molecular formula is C25H33FN2O4S. The van der Waals surface area contributed by atoms with Crippen molar-refractivity contribution in [2.24, 2.45) is 0 Å². The van der Waals surface area contributed by atoms with Crippen molar-refractivity contribution >= 4 is 16.5 Å². The van der Waals surface area contributed by atoms with Crippen molar-refractivity contribution < 1.29 is 23.3 Å². The van der Waals surface area contributed by atoms with Crippen LogP contribution in [0.2, 0.25) is 0 Å². The second-order valence-electron chi connectivity index (χ2n) is 9.75. The Balaban J connectivity index is 1.34. The molecule has 180 valence electrons. The molecule has 0 aliphatic carbocycles. The lowest BCUT2D eigenvalue weighted by molar-refractivity contribution is 0.101. The fraction of sp³-hybridized carbons (Fsp3) is 0.520. The van der Waals surface area contributed by atoms with E-state index in [9.17, 15) is 18.6 Å². The predicted molar refractivity (Wildman–Crippen MR) is 129 cm³/mol. The molecular weight excluding hydrogens is 443 g/mol. The Labute approximate surface area is 196 Å². The van der Waals surface area contributed by atoms with E-state index in [-0.39, 0.29) is 29.3 Å². The number of aromatic hydroxyl groups is 1. The monoisotopic (exact) mass is 476 g/mol. The molecule has 5 rings (SSSR count). The SMILES string of the molecule is C[C@H]1C[C@]2(CCN1Cc1ccc(O)c(C3CCCO3)c1)CCS(O)(O)N2c1cccc(F)c1. The lowest BCUT2D eigenvalue weighted by Crippen LogP contribution is -2.55. The fourth-order valence-electron chi connectivity index (χ4n) is 5.89. The van der Waals surface area contributed by atoms with Crippen LogP contribution >= 0.6 is 10.8 Å². The Morgan fingerprint density at radius 3 is 2.76 bits per heavy atom. The molecule has 3 atom stereocenters. The molecule has 0 bridgehead atoms. The third-order valence-electron chi connectivity index (χ3n) is 7.52. The van der Waals surface area contributed by atoms with Gasteiger partial charge in [-0.3, -0.25) is 18.3 Å². The van der Waals surface area contributed by atoms with Crippen molar-refractivity contribution in [3.63, 3.8) is 0 Å². The first-order valence-electron chi connectivity index (χ1n) is 11.8. The van der Waals surface area contributed by atoms with Crippen molar-refractivity contribution in [1.29, 1.82) is 0 Å². The maximum atomic E-state index is 14.0. The molecule has 1 unspecified atom stereocenters. The number of phenols is 1. The number of piperidine rings is 1. The number of hydrogen-bond acceptors (Lipinski definition) is 6. The van der Waals surface area contributed by atoms with Crippen molar-refractivity contribution in [1.82, 2.24) is 4.90 Å². The third-order valence-corrected chi connectivity index (χ3v) is 9.46. The molecule has 0 radical (unpaired) electrons. The van der Waals surface area contributed by atoms with Crippen LogP contribution in [0.15, 0.2) is 42.5 Å². The van der Waals surface area contributed by atoms with E-state index >= 15 is 0 Å². The van der Waals surface area contributed by atoms with Crippen LogP contribution in [0.4, 0.5) is 10.1 Å². The van der Waals surface area contributed by atoms with Gasteiger partial charge in [0, 0.05) is 31.3 Å². The van der Waals surface area contributed by atoms with Crippen molar-refractivity contribution in [3.05, 3.63) is 59.4 Å². The first-order chi connectivity index (χ1) is 15.8. The fourth-order valence-corrected chi connectivity index (χ4v) is 8.06. The molecule has 3 fully saturated rings. The van der Waals surface area contributed by atoms with Gasteiger partial charge in [-0.2, -0.15) is 0 Å². The second kappa shape index (κ2) is 8.74. The summed E-state index contributed by atoms with van der Waals surface area (Å²) in [4.78, 5) is 2.41. The van der Waals surface area contributed by atoms with E-state index < -0.39 is 10.8 Å². The number of rotatable bonds is 4. The van der Waals surface area contributed by atoms with E-state index in [0.29, 0.717) is 17.9 Å². The summed E-state index contributed by atoms with van der Waals surface area (Å²) in [5.74, 6) is 0.238. The summed E-state index contributed by atoms with van der Waals surface area (Å²) in [6.07, 6.45) is 4.15. The molecule has 0 amide bonds. The summed E-state index contributed by atoms with van der Waals surface area (Å²) in [6, 6.07) is 12.2. The molecule has 3 N–H and O–H groups in total. The van der Waals surface area contributed by atoms with Crippen LogP contribution in [0.25, 0.3) is 0 Å². The minimum absolute atomic E-state index is 0.0319. The zero-order valence-electron chi connectivity index (χ0n) is 19.0. The first kappa shape index (κ1) is 22.9. The van der Waals surface area contributed by atoms with Crippen LogP contribution in [0.1, 0.15) is 56.3 Å². The van der Waals surface area contributed by atoms with E-state index in [1.54, 1.807) is 22.5 Å². The quantitative estimate of drug-likeness (QED) is 0.527. The van der Waals surface area contributed by atoms with Gasteiger partial charge in [-0.1, -0.05) is 12.1 Å². The molecule has 3 aliphatic heterocycles. The number of phenolic OH excluding ortho intramolecular Hbond substituents is 1. The van der Waals surface area contributed by atoms with Gasteiger partial charge in [-0.15, -0.1) is 10.8 Å². The van der Waals surface area contributed by atoms with Gasteiger partial charge < -0.3 is 9.84 Å². The van der Waals surface area contributed by atoms with Crippen LogP contribution in [0.3, 0.4) is 0 Å². The van der Waals surface area contributed by atoms with Crippen LogP contribution < -0.4 is 4.31 Å². The number of nitrogens with zero attached hydrogens (tertiary/aromatic N) is 2. The highest BCUT2D eigenvalue weighted by Crippen LogP contribution is 2.61. The van der Waals surface area contributed by atoms with Crippen LogP contribution in [0.5, 0.6) is 5.75 Å². The van der Waals surface area contributed by atoms with Gasteiger partial charge in [0.25, 0.3) is 0 Å². The van der Waals surface area contributed by atoms with Gasteiger partial charge in [0.05, 0.1) is 23.1 Å². The minimum Gasteiger partial charge on any atom is -0.508 e. The number of likely N-dealkylation sites (tertiary alicyclic amines) is 1. The zero-order valence-corrected chi connectivity index (χ0v) is 19.8. The van der Waals surface area contributed by atoms with Crippen LogP contribution in [-0.2, 0) is 11.3 Å². The molecule has 3 aliphatic rings. The Kier molecular flexibility index (Phi) is 6.07. The first-order valence-corrected chi connectivity index (χ1v) is 13.4. The van der Waals surface area contributed by atoms with E-state index in [4.69, 9.17) is 4.74 Å². The van der Waals surface area contributed by atoms with Gasteiger partial charge in [0.1, 0.15) is 11.6 Å². The topological polar surface area (TPSA) is 76.4 Å². The van der Waals surface area contributed by atoms with Crippen LogP contribution in [-0.4, -0.2) is 49.6 Å². The smallest absolute Gasteiger partial charge is 0.125 e. The summed E-state index contributed by atoms with van der Waals surface area (Å²) in [6.45, 7) is 4.48. The van der Waals surface area contributed by atoms with Crippen molar-refractivity contribution in [2.45, 2.75) is 63.3 Å². The molecule has 33 heavy (non-hydrogen) atoms. The molecule has 2 aromatic carbocycles. The number of halogens is 1. The molecule has 3 heterocycles. The lowest BCUT2D eigenvalue weighted by Gasteiger charge is -2.52. The van der Waals surface area contributed by atoms with Gasteiger partial charge in [0.2, 0.25) is 0 Å². The number of anilines is 1. The molecule has 0 saturated carbocycles. The van der Waals surface area contributed by atoms with Gasteiger partial charge in [0.15, 0.2) is 0 Å². The number of benzene rings is 2. The summed E-state index contributed by atoms with van der Waals surface area (Å²) in [5, 5.41) is 10.3. The Morgan fingerprint density at radius 1 is 1.18 bits per heavy atom. The minimum atomic E-state index is -2.98. The standard InChI is InChI=1S/C25H33FN2O4S/c1-18-16-25(10-13-33(30,31)28(25)21-5-2-4-20(26)15-21)9-11-27(18)17-19-7-8-23(29)22(14-19)24-6-3-12-32-24/h2,4-5,7-8,14-15,18,24,29-31H,3,6,9-13,16-17H2,1H3/t18-,24?,25-/m0/s1. The maximum absolute atomic E-state index is 14.0. The molecule has 8 heteroatoms. The predicted octanol–water partition coefficient (Wildman–Crippen LogP) is 5.68. The van der Waals surface area contributed by atoms with Gasteiger partial charge in [-0.05, 0) is 74.9 Å².